The predicted molar refractivity (Wildman–Crippen MR) is 104 cm³/mol. The maximum Gasteiger partial charge on any atom is 0.251 e. The summed E-state index contributed by atoms with van der Waals surface area (Å²) in [7, 11) is 3.69. The average molecular weight is 355 g/mol. The second kappa shape index (κ2) is 8.90. The highest BCUT2D eigenvalue weighted by molar-refractivity contribution is 5.94. The highest BCUT2D eigenvalue weighted by Gasteiger charge is 2.24. The van der Waals surface area contributed by atoms with E-state index < -0.39 is 0 Å². The Balaban J connectivity index is 1.73. The molecule has 0 spiro atoms. The fourth-order valence-electron chi connectivity index (χ4n) is 3.70. The number of carbonyl (C=O) groups excluding carboxylic acids is 1. The molecule has 0 aliphatic carbocycles. The Morgan fingerprint density at radius 2 is 1.92 bits per heavy atom. The van der Waals surface area contributed by atoms with Crippen LogP contribution < -0.4 is 10.1 Å². The molecule has 2 heterocycles. The number of hydrogen-bond acceptors (Lipinski definition) is 3. The third-order valence-electron chi connectivity index (χ3n) is 5.19. The van der Waals surface area contributed by atoms with E-state index in [1.54, 1.807) is 13.2 Å². The van der Waals surface area contributed by atoms with Gasteiger partial charge in [-0.2, -0.15) is 0 Å². The highest BCUT2D eigenvalue weighted by atomic mass is 16.5. The predicted octanol–water partition coefficient (Wildman–Crippen LogP) is 3.38. The monoisotopic (exact) mass is 355 g/mol. The van der Waals surface area contributed by atoms with Crippen LogP contribution in [-0.4, -0.2) is 42.1 Å². The number of nitrogens with zero attached hydrogens (tertiary/aromatic N) is 2. The van der Waals surface area contributed by atoms with Gasteiger partial charge >= 0.3 is 0 Å². The lowest BCUT2D eigenvalue weighted by Gasteiger charge is -2.31. The lowest BCUT2D eigenvalue weighted by molar-refractivity contribution is 0.0931. The number of nitrogens with one attached hydrogen (secondary N) is 1. The Morgan fingerprint density at radius 3 is 2.58 bits per heavy atom. The molecule has 1 N–H and O–H groups in total. The summed E-state index contributed by atoms with van der Waals surface area (Å²) in [5, 5.41) is 3.13. The molecule has 1 aliphatic rings. The van der Waals surface area contributed by atoms with E-state index in [1.165, 1.54) is 31.4 Å². The lowest BCUT2D eigenvalue weighted by atomic mass is 10.1. The van der Waals surface area contributed by atoms with Crippen LogP contribution in [0.5, 0.6) is 5.75 Å². The zero-order valence-electron chi connectivity index (χ0n) is 15.8. The molecule has 1 aromatic heterocycles. The largest absolute Gasteiger partial charge is 0.497 e. The van der Waals surface area contributed by atoms with Crippen molar-refractivity contribution in [3.05, 3.63) is 53.9 Å². The van der Waals surface area contributed by atoms with Crippen LogP contribution in [0, 0.1) is 0 Å². The van der Waals surface area contributed by atoms with Gasteiger partial charge in [0.25, 0.3) is 5.91 Å². The number of likely N-dealkylation sites (tertiary alicyclic amines) is 1. The second-order valence-electron chi connectivity index (χ2n) is 6.95. The van der Waals surface area contributed by atoms with Gasteiger partial charge in [0.15, 0.2) is 0 Å². The van der Waals surface area contributed by atoms with Crippen LogP contribution in [0.2, 0.25) is 0 Å². The Morgan fingerprint density at radius 1 is 1.15 bits per heavy atom. The number of ether oxygens (including phenoxy) is 1. The number of amides is 1. The van der Waals surface area contributed by atoms with Crippen molar-refractivity contribution in [3.63, 3.8) is 0 Å². The molecule has 1 fully saturated rings. The van der Waals surface area contributed by atoms with Gasteiger partial charge in [-0.1, -0.05) is 18.9 Å². The van der Waals surface area contributed by atoms with Crippen LogP contribution >= 0.6 is 0 Å². The second-order valence-corrected chi connectivity index (χ2v) is 6.95. The molecular weight excluding hydrogens is 326 g/mol. The molecule has 1 aromatic carbocycles. The molecule has 2 aromatic rings. The Kier molecular flexibility index (Phi) is 6.34. The van der Waals surface area contributed by atoms with Crippen LogP contribution in [0.4, 0.5) is 0 Å². The van der Waals surface area contributed by atoms with Gasteiger partial charge < -0.3 is 14.6 Å². The Bertz CT molecular complexity index is 718. The summed E-state index contributed by atoms with van der Waals surface area (Å²) in [5.41, 5.74) is 1.88. The summed E-state index contributed by atoms with van der Waals surface area (Å²) >= 11 is 0. The van der Waals surface area contributed by atoms with Crippen LogP contribution in [0.1, 0.15) is 47.8 Å². The highest BCUT2D eigenvalue weighted by Crippen LogP contribution is 2.24. The smallest absolute Gasteiger partial charge is 0.251 e. The maximum atomic E-state index is 12.6. The van der Waals surface area contributed by atoms with E-state index in [4.69, 9.17) is 4.74 Å². The first-order chi connectivity index (χ1) is 12.7. The van der Waals surface area contributed by atoms with Gasteiger partial charge in [-0.05, 0) is 56.3 Å². The number of carbonyl (C=O) groups is 1. The minimum Gasteiger partial charge on any atom is -0.497 e. The first-order valence-electron chi connectivity index (χ1n) is 9.46. The molecule has 26 heavy (non-hydrogen) atoms. The van der Waals surface area contributed by atoms with Crippen molar-refractivity contribution in [2.75, 3.05) is 26.7 Å². The van der Waals surface area contributed by atoms with Crippen LogP contribution in [0.3, 0.4) is 0 Å². The first kappa shape index (κ1) is 18.5. The zero-order chi connectivity index (χ0) is 18.4. The summed E-state index contributed by atoms with van der Waals surface area (Å²) in [6.07, 6.45) is 7.12. The Hall–Kier alpha value is -2.27. The minimum atomic E-state index is -0.0575. The van der Waals surface area contributed by atoms with Gasteiger partial charge in [0, 0.05) is 31.0 Å². The molecule has 1 atom stereocenters. The number of methoxy groups -OCH3 is 1. The van der Waals surface area contributed by atoms with Gasteiger partial charge in [-0.3, -0.25) is 9.69 Å². The molecule has 1 aliphatic heterocycles. The van der Waals surface area contributed by atoms with E-state index in [0.29, 0.717) is 17.9 Å². The molecule has 140 valence electrons. The lowest BCUT2D eigenvalue weighted by Crippen LogP contribution is -2.39. The molecule has 1 amide bonds. The number of aromatic nitrogens is 1. The van der Waals surface area contributed by atoms with E-state index in [-0.39, 0.29) is 11.9 Å². The van der Waals surface area contributed by atoms with E-state index in [2.05, 4.69) is 40.2 Å². The Labute approximate surface area is 156 Å². The summed E-state index contributed by atoms with van der Waals surface area (Å²) < 4.78 is 7.38. The molecule has 1 saturated heterocycles. The van der Waals surface area contributed by atoms with Gasteiger partial charge in [0.05, 0.1) is 13.2 Å². The maximum absolute atomic E-state index is 12.6. The quantitative estimate of drug-likeness (QED) is 0.864. The van der Waals surface area contributed by atoms with Crippen LogP contribution in [0.25, 0.3) is 0 Å². The first-order valence-corrected chi connectivity index (χ1v) is 9.46. The summed E-state index contributed by atoms with van der Waals surface area (Å²) in [4.78, 5) is 15.2. The minimum absolute atomic E-state index is 0.0575. The van der Waals surface area contributed by atoms with E-state index in [9.17, 15) is 4.79 Å². The zero-order valence-corrected chi connectivity index (χ0v) is 15.8. The molecule has 1 unspecified atom stereocenters. The summed E-state index contributed by atoms with van der Waals surface area (Å²) in [6, 6.07) is 11.7. The summed E-state index contributed by atoms with van der Waals surface area (Å²) in [5.74, 6) is 0.641. The molecule has 0 saturated carbocycles. The average Bonchev–Trinajstić information content (AvgIpc) is 2.92. The van der Waals surface area contributed by atoms with Crippen molar-refractivity contribution in [1.82, 2.24) is 14.8 Å². The summed E-state index contributed by atoms with van der Waals surface area (Å²) in [6.45, 7) is 2.78. The number of aryl methyl sites for hydroxylation is 1. The van der Waals surface area contributed by atoms with E-state index >= 15 is 0 Å². The van der Waals surface area contributed by atoms with E-state index in [1.807, 2.05) is 18.2 Å². The standard InChI is InChI=1S/C21H29N3O2/c1-23-12-8-11-19(23)20(24-13-5-3-4-6-14-24)16-22-21(25)17-9-7-10-18(15-17)26-2/h7-12,15,20H,3-6,13-14,16H2,1-2H3,(H,22,25). The van der Waals surface area contributed by atoms with Crippen molar-refractivity contribution >= 4 is 5.91 Å². The number of hydrogen-bond donors (Lipinski definition) is 1. The molecule has 0 radical (unpaired) electrons. The van der Waals surface area contributed by atoms with Crippen LogP contribution in [0.15, 0.2) is 42.6 Å². The third kappa shape index (κ3) is 4.47. The van der Waals surface area contributed by atoms with Crippen molar-refractivity contribution < 1.29 is 9.53 Å². The van der Waals surface area contributed by atoms with E-state index in [0.717, 1.165) is 13.1 Å². The number of benzene rings is 1. The van der Waals surface area contributed by atoms with Crippen LogP contribution in [-0.2, 0) is 7.05 Å². The molecule has 3 rings (SSSR count). The number of rotatable bonds is 6. The van der Waals surface area contributed by atoms with Gasteiger partial charge in [-0.25, -0.2) is 0 Å². The molecule has 0 bridgehead atoms. The van der Waals surface area contributed by atoms with Crippen molar-refractivity contribution in [1.29, 1.82) is 0 Å². The molecular formula is C21H29N3O2. The van der Waals surface area contributed by atoms with Gasteiger partial charge in [0.2, 0.25) is 0 Å². The van der Waals surface area contributed by atoms with Gasteiger partial charge in [-0.15, -0.1) is 0 Å². The fraction of sp³-hybridized carbons (Fsp3) is 0.476. The molecule has 5 heteroatoms. The normalized spacial score (nSPS) is 16.7. The van der Waals surface area contributed by atoms with Crippen molar-refractivity contribution in [2.45, 2.75) is 31.7 Å². The molecule has 5 nitrogen and oxygen atoms in total. The van der Waals surface area contributed by atoms with Crippen molar-refractivity contribution in [3.8, 4) is 5.75 Å². The topological polar surface area (TPSA) is 46.5 Å². The fourth-order valence-corrected chi connectivity index (χ4v) is 3.70. The third-order valence-corrected chi connectivity index (χ3v) is 5.19. The van der Waals surface area contributed by atoms with Crippen molar-refractivity contribution in [2.24, 2.45) is 7.05 Å². The SMILES string of the molecule is COc1cccc(C(=O)NCC(c2cccn2C)N2CCCCCC2)c1. The van der Waals surface area contributed by atoms with Gasteiger partial charge in [0.1, 0.15) is 5.75 Å².